The van der Waals surface area contributed by atoms with Crippen molar-refractivity contribution in [3.8, 4) is 0 Å². The molecule has 90 valence electrons. The smallest absolute Gasteiger partial charge is 0.326 e. The number of aromatic nitrogens is 3. The van der Waals surface area contributed by atoms with Crippen LogP contribution in [0.25, 0.3) is 11.0 Å². The Morgan fingerprint density at radius 3 is 2.50 bits per heavy atom. The van der Waals surface area contributed by atoms with Crippen LogP contribution in [0.3, 0.4) is 0 Å². The molecule has 0 unspecified atom stereocenters. The van der Waals surface area contributed by atoms with Crippen molar-refractivity contribution in [2.24, 2.45) is 0 Å². The number of aromatic amines is 3. The highest BCUT2D eigenvalue weighted by Gasteiger charge is 2.08. The predicted molar refractivity (Wildman–Crippen MR) is 68.8 cm³/mol. The van der Waals surface area contributed by atoms with E-state index in [0.29, 0.717) is 17.5 Å². The second-order valence-corrected chi connectivity index (χ2v) is 4.13. The fourth-order valence-electron chi connectivity index (χ4n) is 2.05. The summed E-state index contributed by atoms with van der Waals surface area (Å²) in [6.45, 7) is 0. The average molecular weight is 241 g/mol. The third-order valence-corrected chi connectivity index (χ3v) is 2.89. The van der Waals surface area contributed by atoms with Crippen LogP contribution < -0.4 is 11.2 Å². The van der Waals surface area contributed by atoms with E-state index >= 15 is 0 Å². The van der Waals surface area contributed by atoms with Crippen LogP contribution >= 0.6 is 0 Å². The molecule has 3 aromatic rings. The van der Waals surface area contributed by atoms with E-state index < -0.39 is 11.2 Å². The second kappa shape index (κ2) is 4.03. The molecular weight excluding hydrogens is 230 g/mol. The third kappa shape index (κ3) is 1.75. The summed E-state index contributed by atoms with van der Waals surface area (Å²) in [4.78, 5) is 30.6. The quantitative estimate of drug-likeness (QED) is 0.628. The van der Waals surface area contributed by atoms with E-state index in [1.54, 1.807) is 6.20 Å². The number of nitrogens with one attached hydrogen (secondary N) is 3. The first-order chi connectivity index (χ1) is 8.74. The monoisotopic (exact) mass is 241 g/mol. The molecule has 0 atom stereocenters. The van der Waals surface area contributed by atoms with E-state index in [4.69, 9.17) is 0 Å². The van der Waals surface area contributed by atoms with Crippen LogP contribution in [-0.2, 0) is 6.42 Å². The minimum absolute atomic E-state index is 0.395. The van der Waals surface area contributed by atoms with Crippen LogP contribution in [0.4, 0.5) is 0 Å². The van der Waals surface area contributed by atoms with Crippen LogP contribution in [0, 0.1) is 0 Å². The molecule has 0 bridgehead atoms. The van der Waals surface area contributed by atoms with Crippen molar-refractivity contribution in [3.63, 3.8) is 0 Å². The van der Waals surface area contributed by atoms with E-state index in [0.717, 1.165) is 11.1 Å². The molecule has 3 rings (SSSR count). The summed E-state index contributed by atoms with van der Waals surface area (Å²) in [7, 11) is 0. The van der Waals surface area contributed by atoms with Gasteiger partial charge in [-0.3, -0.25) is 9.78 Å². The Labute approximate surface area is 102 Å². The van der Waals surface area contributed by atoms with Gasteiger partial charge < -0.3 is 9.97 Å². The Balaban J connectivity index is 2.14. The number of benzene rings is 1. The van der Waals surface area contributed by atoms with Crippen molar-refractivity contribution in [1.29, 1.82) is 0 Å². The summed E-state index contributed by atoms with van der Waals surface area (Å²) in [5.41, 5.74) is 2.13. The molecule has 2 heterocycles. The molecule has 18 heavy (non-hydrogen) atoms. The molecule has 0 radical (unpaired) electrons. The normalized spacial score (nSPS) is 10.9. The standard InChI is InChI=1S/C13H11N3O2/c17-12-11-10(15-13(18)16-12)9(7-14-11)6-8-4-2-1-3-5-8/h1-5,7,14H,6H2,(H2,15,16,17,18). The van der Waals surface area contributed by atoms with E-state index in [9.17, 15) is 9.59 Å². The van der Waals surface area contributed by atoms with Crippen molar-refractivity contribution in [2.75, 3.05) is 0 Å². The van der Waals surface area contributed by atoms with Gasteiger partial charge in [0, 0.05) is 12.6 Å². The molecule has 0 saturated carbocycles. The Morgan fingerprint density at radius 1 is 0.944 bits per heavy atom. The first-order valence-corrected chi connectivity index (χ1v) is 5.60. The van der Waals surface area contributed by atoms with Crippen LogP contribution in [0.1, 0.15) is 11.1 Å². The van der Waals surface area contributed by atoms with E-state index in [2.05, 4.69) is 15.0 Å². The SMILES string of the molecule is O=c1[nH]c(=O)c2[nH]cc(Cc3ccccc3)c2[nH]1. The van der Waals surface area contributed by atoms with Crippen molar-refractivity contribution in [2.45, 2.75) is 6.42 Å². The van der Waals surface area contributed by atoms with Gasteiger partial charge in [0.05, 0.1) is 5.52 Å². The van der Waals surface area contributed by atoms with Gasteiger partial charge in [0.15, 0.2) is 0 Å². The summed E-state index contributed by atoms with van der Waals surface area (Å²) >= 11 is 0. The van der Waals surface area contributed by atoms with Gasteiger partial charge in [-0.25, -0.2) is 4.79 Å². The summed E-state index contributed by atoms with van der Waals surface area (Å²) in [5.74, 6) is 0. The summed E-state index contributed by atoms with van der Waals surface area (Å²) < 4.78 is 0. The van der Waals surface area contributed by atoms with Gasteiger partial charge in [-0.15, -0.1) is 0 Å². The van der Waals surface area contributed by atoms with Gasteiger partial charge >= 0.3 is 5.69 Å². The number of rotatable bonds is 2. The average Bonchev–Trinajstić information content (AvgIpc) is 2.74. The summed E-state index contributed by atoms with van der Waals surface area (Å²) in [5, 5.41) is 0. The van der Waals surface area contributed by atoms with Crippen LogP contribution in [0.2, 0.25) is 0 Å². The maximum atomic E-state index is 11.6. The lowest BCUT2D eigenvalue weighted by Gasteiger charge is -1.99. The highest BCUT2D eigenvalue weighted by Crippen LogP contribution is 2.15. The molecule has 0 aliphatic heterocycles. The molecule has 0 amide bonds. The predicted octanol–water partition coefficient (Wildman–Crippen LogP) is 1.14. The van der Waals surface area contributed by atoms with Gasteiger partial charge in [-0.1, -0.05) is 30.3 Å². The van der Waals surface area contributed by atoms with E-state index in [1.165, 1.54) is 0 Å². The highest BCUT2D eigenvalue weighted by molar-refractivity contribution is 5.77. The van der Waals surface area contributed by atoms with Crippen molar-refractivity contribution in [1.82, 2.24) is 15.0 Å². The van der Waals surface area contributed by atoms with Crippen molar-refractivity contribution >= 4 is 11.0 Å². The Morgan fingerprint density at radius 2 is 1.72 bits per heavy atom. The van der Waals surface area contributed by atoms with Crippen molar-refractivity contribution in [3.05, 3.63) is 68.5 Å². The Hall–Kier alpha value is -2.56. The molecule has 5 nitrogen and oxygen atoms in total. The molecule has 0 saturated heterocycles. The first kappa shape index (κ1) is 10.6. The van der Waals surface area contributed by atoms with Crippen LogP contribution in [0.5, 0.6) is 0 Å². The van der Waals surface area contributed by atoms with Gasteiger partial charge in [0.25, 0.3) is 5.56 Å². The van der Waals surface area contributed by atoms with Crippen LogP contribution in [-0.4, -0.2) is 15.0 Å². The Bertz CT molecular complexity index is 796. The fraction of sp³-hybridized carbons (Fsp3) is 0.0769. The lowest BCUT2D eigenvalue weighted by atomic mass is 10.1. The largest absolute Gasteiger partial charge is 0.355 e. The van der Waals surface area contributed by atoms with Crippen molar-refractivity contribution < 1.29 is 0 Å². The zero-order valence-electron chi connectivity index (χ0n) is 9.49. The first-order valence-electron chi connectivity index (χ1n) is 5.60. The lowest BCUT2D eigenvalue weighted by Crippen LogP contribution is -2.21. The number of hydrogen-bond donors (Lipinski definition) is 3. The number of H-pyrrole nitrogens is 3. The maximum absolute atomic E-state index is 11.6. The number of hydrogen-bond acceptors (Lipinski definition) is 2. The zero-order valence-corrected chi connectivity index (χ0v) is 9.49. The maximum Gasteiger partial charge on any atom is 0.326 e. The van der Waals surface area contributed by atoms with E-state index in [-0.39, 0.29) is 0 Å². The molecule has 1 aromatic carbocycles. The molecule has 5 heteroatoms. The molecular formula is C13H11N3O2. The van der Waals surface area contributed by atoms with Gasteiger partial charge in [-0.2, -0.15) is 0 Å². The minimum atomic E-state index is -0.485. The molecule has 0 fully saturated rings. The highest BCUT2D eigenvalue weighted by atomic mass is 16.2. The summed E-state index contributed by atoms with van der Waals surface area (Å²) in [6.07, 6.45) is 2.42. The fourth-order valence-corrected chi connectivity index (χ4v) is 2.05. The van der Waals surface area contributed by atoms with Gasteiger partial charge in [0.1, 0.15) is 5.52 Å². The molecule has 0 aliphatic carbocycles. The van der Waals surface area contributed by atoms with Gasteiger partial charge in [0.2, 0.25) is 0 Å². The third-order valence-electron chi connectivity index (χ3n) is 2.89. The second-order valence-electron chi connectivity index (χ2n) is 4.13. The zero-order chi connectivity index (χ0) is 12.5. The minimum Gasteiger partial charge on any atom is -0.355 e. The molecule has 3 N–H and O–H groups in total. The molecule has 0 aliphatic rings. The molecule has 2 aromatic heterocycles. The topological polar surface area (TPSA) is 81.5 Å². The molecule has 0 spiro atoms. The Kier molecular flexibility index (Phi) is 2.37. The lowest BCUT2D eigenvalue weighted by molar-refractivity contribution is 1.07. The van der Waals surface area contributed by atoms with E-state index in [1.807, 2.05) is 30.3 Å². The number of fused-ring (bicyclic) bond motifs is 1. The van der Waals surface area contributed by atoms with Gasteiger partial charge in [-0.05, 0) is 11.1 Å². The summed E-state index contributed by atoms with van der Waals surface area (Å²) in [6, 6.07) is 9.87. The van der Waals surface area contributed by atoms with Crippen LogP contribution in [0.15, 0.2) is 46.1 Å².